The van der Waals surface area contributed by atoms with E-state index in [-0.39, 0.29) is 12.8 Å². The summed E-state index contributed by atoms with van der Waals surface area (Å²) in [6.45, 7) is -1.28. The van der Waals surface area contributed by atoms with Gasteiger partial charge in [-0.05, 0) is 0 Å². The summed E-state index contributed by atoms with van der Waals surface area (Å²) in [5.41, 5.74) is 0. The summed E-state index contributed by atoms with van der Waals surface area (Å²) in [5.74, 6) is 0. The third kappa shape index (κ3) is 9.87. The lowest BCUT2D eigenvalue weighted by atomic mass is 10.1. The van der Waals surface area contributed by atoms with E-state index < -0.39 is 49.8 Å². The van der Waals surface area contributed by atoms with Crippen molar-refractivity contribution in [2.24, 2.45) is 0 Å². The van der Waals surface area contributed by atoms with Crippen LogP contribution in [0.4, 0.5) is 0 Å². The molecule has 10 nitrogen and oxygen atoms in total. The Morgan fingerprint density at radius 2 is 0.864 bits per heavy atom. The highest BCUT2D eigenvalue weighted by Gasteiger charge is 2.23. The second kappa shape index (κ2) is 13.7. The summed E-state index contributed by atoms with van der Waals surface area (Å²) >= 11 is 0. The van der Waals surface area contributed by atoms with Crippen molar-refractivity contribution < 1.29 is 50.4 Å². The molecule has 8 N–H and O–H groups in total. The molecule has 0 spiro atoms. The van der Waals surface area contributed by atoms with Crippen LogP contribution in [0.3, 0.4) is 0 Å². The number of hydrogen-bond acceptors (Lipinski definition) is 10. The molecule has 6 atom stereocenters. The van der Waals surface area contributed by atoms with Gasteiger partial charge in [-0.15, -0.1) is 0 Å². The van der Waals surface area contributed by atoms with Gasteiger partial charge in [0.05, 0.1) is 25.4 Å². The molecule has 0 unspecified atom stereocenters. The quantitative estimate of drug-likeness (QED) is 0.180. The van der Waals surface area contributed by atoms with Crippen LogP contribution in [0, 0.1) is 0 Å². The fourth-order valence-corrected chi connectivity index (χ4v) is 1.20. The molecular weight excluding hydrogens is 304 g/mol. The molecule has 10 heteroatoms. The Hall–Kier alpha value is -0.980. The van der Waals surface area contributed by atoms with E-state index in [0.29, 0.717) is 12.6 Å². The van der Waals surface area contributed by atoms with Gasteiger partial charge >= 0.3 is 0 Å². The number of hydrogen-bond donors (Lipinski definition) is 8. The average molecular weight is 328 g/mol. The number of aliphatic hydroxyl groups is 8. The Morgan fingerprint density at radius 3 is 1.05 bits per heavy atom. The zero-order chi connectivity index (χ0) is 17.7. The summed E-state index contributed by atoms with van der Waals surface area (Å²) in [4.78, 5) is 19.6. The Morgan fingerprint density at radius 1 is 0.591 bits per heavy atom. The molecule has 0 radical (unpaired) electrons. The number of carbonyl (C=O) groups is 2. The molecule has 0 heterocycles. The number of aliphatic hydroxyl groups excluding tert-OH is 8. The van der Waals surface area contributed by atoms with Gasteiger partial charge < -0.3 is 50.4 Å². The molecule has 0 aromatic carbocycles. The predicted octanol–water partition coefficient (Wildman–Crippen LogP) is -4.70. The Balaban J connectivity index is 0. The molecule has 0 aromatic rings. The predicted molar refractivity (Wildman–Crippen MR) is 71.6 cm³/mol. The van der Waals surface area contributed by atoms with Crippen molar-refractivity contribution in [2.75, 3.05) is 13.2 Å². The van der Waals surface area contributed by atoms with Crippen molar-refractivity contribution in [3.8, 4) is 0 Å². The molecule has 0 saturated carbocycles. The molecule has 0 amide bonds. The van der Waals surface area contributed by atoms with Crippen LogP contribution in [-0.4, -0.2) is 103 Å². The lowest BCUT2D eigenvalue weighted by Crippen LogP contribution is -2.39. The van der Waals surface area contributed by atoms with Crippen LogP contribution >= 0.6 is 0 Å². The van der Waals surface area contributed by atoms with E-state index in [4.69, 9.17) is 40.9 Å². The lowest BCUT2D eigenvalue weighted by molar-refractivity contribution is -0.116. The smallest absolute Gasteiger partial charge is 0.122 e. The summed E-state index contributed by atoms with van der Waals surface area (Å²) in [5, 5.41) is 69.7. The third-order valence-electron chi connectivity index (χ3n) is 2.63. The van der Waals surface area contributed by atoms with E-state index in [1.54, 1.807) is 0 Å². The van der Waals surface area contributed by atoms with Gasteiger partial charge in [-0.1, -0.05) is 0 Å². The first-order valence-corrected chi connectivity index (χ1v) is 6.44. The maximum absolute atomic E-state index is 9.82. The Labute approximate surface area is 126 Å². The van der Waals surface area contributed by atoms with Crippen LogP contribution in [0.1, 0.15) is 12.8 Å². The van der Waals surface area contributed by atoms with Crippen LogP contribution in [0.25, 0.3) is 0 Å². The van der Waals surface area contributed by atoms with E-state index in [2.05, 4.69) is 0 Å². The molecule has 0 aliphatic carbocycles. The van der Waals surface area contributed by atoms with Gasteiger partial charge in [0.1, 0.15) is 37.0 Å². The Kier molecular flexibility index (Phi) is 14.5. The largest absolute Gasteiger partial charge is 0.394 e. The van der Waals surface area contributed by atoms with Gasteiger partial charge in [0.25, 0.3) is 0 Å². The van der Waals surface area contributed by atoms with E-state index in [9.17, 15) is 9.59 Å². The maximum Gasteiger partial charge on any atom is 0.122 e. The monoisotopic (exact) mass is 328 g/mol. The van der Waals surface area contributed by atoms with Crippen molar-refractivity contribution in [3.05, 3.63) is 0 Å². The highest BCUT2D eigenvalue weighted by molar-refractivity contribution is 5.50. The molecule has 0 aromatic heterocycles. The van der Waals surface area contributed by atoms with Gasteiger partial charge in [-0.3, -0.25) is 0 Å². The van der Waals surface area contributed by atoms with Crippen LogP contribution < -0.4 is 0 Å². The van der Waals surface area contributed by atoms with Crippen molar-refractivity contribution in [3.63, 3.8) is 0 Å². The third-order valence-corrected chi connectivity index (χ3v) is 2.63. The minimum atomic E-state index is -1.47. The van der Waals surface area contributed by atoms with Crippen molar-refractivity contribution in [1.82, 2.24) is 0 Å². The Bertz CT molecular complexity index is 259. The second-order valence-electron chi connectivity index (χ2n) is 4.42. The standard InChI is InChI=1S/2C6H12O5/c2*7-2-1-4(9)6(11)5(10)3-8/h2*2,4-6,8-11H,1,3H2/t4-,5-,6+;4-,5-,6-/m11/s1. The van der Waals surface area contributed by atoms with Gasteiger partial charge in [0, 0.05) is 12.8 Å². The van der Waals surface area contributed by atoms with Crippen LogP contribution in [-0.2, 0) is 9.59 Å². The molecule has 0 bridgehead atoms. The highest BCUT2D eigenvalue weighted by atomic mass is 16.4. The molecular formula is C12H24O10. The van der Waals surface area contributed by atoms with Gasteiger partial charge in [0.2, 0.25) is 0 Å². The van der Waals surface area contributed by atoms with E-state index in [1.165, 1.54) is 0 Å². The molecule has 0 aliphatic heterocycles. The van der Waals surface area contributed by atoms with Gasteiger partial charge in [0.15, 0.2) is 0 Å². The molecule has 0 aliphatic rings. The number of carbonyl (C=O) groups excluding carboxylic acids is 2. The minimum absolute atomic E-state index is 0.252. The van der Waals surface area contributed by atoms with Crippen LogP contribution in [0.5, 0.6) is 0 Å². The topological polar surface area (TPSA) is 196 Å². The molecule has 0 fully saturated rings. The highest BCUT2D eigenvalue weighted by Crippen LogP contribution is 2.02. The fourth-order valence-electron chi connectivity index (χ4n) is 1.20. The lowest BCUT2D eigenvalue weighted by Gasteiger charge is -2.19. The fraction of sp³-hybridized carbons (Fsp3) is 0.833. The molecule has 0 rings (SSSR count). The summed E-state index contributed by atoms with van der Waals surface area (Å²) < 4.78 is 0. The first-order valence-electron chi connectivity index (χ1n) is 6.44. The molecule has 22 heavy (non-hydrogen) atoms. The number of rotatable bonds is 10. The van der Waals surface area contributed by atoms with Crippen LogP contribution in [0.2, 0.25) is 0 Å². The summed E-state index contributed by atoms with van der Waals surface area (Å²) in [6, 6.07) is 0. The van der Waals surface area contributed by atoms with E-state index in [0.717, 1.165) is 0 Å². The average Bonchev–Trinajstić information content (AvgIpc) is 2.52. The minimum Gasteiger partial charge on any atom is -0.394 e. The molecule has 132 valence electrons. The van der Waals surface area contributed by atoms with E-state index in [1.807, 2.05) is 0 Å². The zero-order valence-electron chi connectivity index (χ0n) is 11.8. The molecule has 0 saturated heterocycles. The first-order chi connectivity index (χ1) is 10.3. The summed E-state index contributed by atoms with van der Waals surface area (Å²) in [7, 11) is 0. The van der Waals surface area contributed by atoms with Gasteiger partial charge in [-0.2, -0.15) is 0 Å². The van der Waals surface area contributed by atoms with Crippen LogP contribution in [0.15, 0.2) is 0 Å². The maximum atomic E-state index is 9.82. The zero-order valence-corrected chi connectivity index (χ0v) is 11.8. The first kappa shape index (κ1) is 23.3. The van der Waals surface area contributed by atoms with Gasteiger partial charge in [-0.25, -0.2) is 0 Å². The normalized spacial score (nSPS) is 18.9. The SMILES string of the molecule is O=CC[C@@H](O)[C@@H](O)[C@H](O)CO.O=CC[C@@H](O)[C@H](O)[C@H](O)CO. The second-order valence-corrected chi connectivity index (χ2v) is 4.42. The van der Waals surface area contributed by atoms with Crippen molar-refractivity contribution in [2.45, 2.75) is 49.5 Å². The van der Waals surface area contributed by atoms with Crippen molar-refractivity contribution in [1.29, 1.82) is 0 Å². The number of aldehydes is 2. The van der Waals surface area contributed by atoms with Crippen molar-refractivity contribution >= 4 is 12.6 Å². The van der Waals surface area contributed by atoms with E-state index >= 15 is 0 Å². The summed E-state index contributed by atoms with van der Waals surface area (Å²) in [6.07, 6.45) is -8.00.